The Morgan fingerprint density at radius 3 is 1.77 bits per heavy atom. The van der Waals surface area contributed by atoms with E-state index in [0.717, 1.165) is 25.5 Å². The highest BCUT2D eigenvalue weighted by Gasteiger charge is 2.55. The van der Waals surface area contributed by atoms with Crippen LogP contribution in [-0.4, -0.2) is 54.7 Å². The van der Waals surface area contributed by atoms with Crippen LogP contribution in [0, 0.1) is 13.8 Å². The predicted molar refractivity (Wildman–Crippen MR) is 189 cm³/mol. The number of halogens is 6. The van der Waals surface area contributed by atoms with E-state index in [2.05, 4.69) is 10.3 Å². The van der Waals surface area contributed by atoms with Gasteiger partial charge in [0.15, 0.2) is 0 Å². The van der Waals surface area contributed by atoms with E-state index in [-0.39, 0.29) is 56.7 Å². The number of carbonyl (C=O) groups excluding carboxylic acids is 2. The van der Waals surface area contributed by atoms with Crippen LogP contribution in [0.3, 0.4) is 0 Å². The summed E-state index contributed by atoms with van der Waals surface area (Å²) in [4.78, 5) is 37.1. The van der Waals surface area contributed by atoms with Crippen molar-refractivity contribution >= 4 is 34.7 Å². The Balaban J connectivity index is 1.49. The second-order valence-electron chi connectivity index (χ2n) is 13.6. The number of nitrogens with one attached hydrogen (secondary N) is 1. The maximum absolute atomic E-state index is 15.3. The van der Waals surface area contributed by atoms with Crippen molar-refractivity contribution in [2.75, 3.05) is 19.4 Å². The Hall–Kier alpha value is -5.26. The molecule has 0 radical (unpaired) electrons. The van der Waals surface area contributed by atoms with E-state index < -0.39 is 35.0 Å². The lowest BCUT2D eigenvalue weighted by atomic mass is 9.73. The molecule has 12 heteroatoms. The van der Waals surface area contributed by atoms with Gasteiger partial charge in [0.1, 0.15) is 16.7 Å². The fourth-order valence-corrected chi connectivity index (χ4v) is 7.00. The Morgan fingerprint density at radius 2 is 1.21 bits per heavy atom. The van der Waals surface area contributed by atoms with Crippen molar-refractivity contribution in [3.63, 3.8) is 0 Å². The first-order valence-corrected chi connectivity index (χ1v) is 16.6. The molecular formula is C40H36F6N4O2. The number of nitrogens with zero attached hydrogens (tertiary/aromatic N) is 3. The van der Waals surface area contributed by atoms with Crippen LogP contribution in [0.4, 0.5) is 37.7 Å². The maximum atomic E-state index is 15.3. The number of aliphatic imine (C=N–C) groups is 2. The van der Waals surface area contributed by atoms with Gasteiger partial charge in [0.25, 0.3) is 11.8 Å². The molecule has 0 spiro atoms. The molecule has 0 unspecified atom stereocenters. The van der Waals surface area contributed by atoms with Gasteiger partial charge in [-0.1, -0.05) is 55.5 Å². The number of benzene rings is 4. The molecule has 2 atom stereocenters. The Labute approximate surface area is 297 Å². The van der Waals surface area contributed by atoms with Gasteiger partial charge in [-0.15, -0.1) is 0 Å². The minimum absolute atomic E-state index is 0.0116. The summed E-state index contributed by atoms with van der Waals surface area (Å²) in [6.07, 6.45) is -9.36. The fourth-order valence-electron chi connectivity index (χ4n) is 7.00. The maximum Gasteiger partial charge on any atom is 0.402 e. The van der Waals surface area contributed by atoms with E-state index >= 15 is 13.2 Å². The average Bonchev–Trinajstić information content (AvgIpc) is 3.33. The monoisotopic (exact) mass is 718 g/mol. The molecule has 4 aromatic carbocycles. The Kier molecular flexibility index (Phi) is 8.75. The summed E-state index contributed by atoms with van der Waals surface area (Å²) in [5.74, 6) is -0.979. The van der Waals surface area contributed by atoms with Crippen LogP contribution in [0.2, 0.25) is 0 Å². The topological polar surface area (TPSA) is 74.1 Å². The zero-order chi connectivity index (χ0) is 38.1. The number of hydrogen-bond acceptors (Lipinski definition) is 4. The highest BCUT2D eigenvalue weighted by atomic mass is 19.4. The number of aryl methyl sites for hydroxylation is 2. The van der Waals surface area contributed by atoms with E-state index in [1.165, 1.54) is 79.7 Å². The van der Waals surface area contributed by atoms with Crippen LogP contribution in [0.1, 0.15) is 92.4 Å². The lowest BCUT2D eigenvalue weighted by Gasteiger charge is -2.34. The highest BCUT2D eigenvalue weighted by molar-refractivity contribution is 6.23. The van der Waals surface area contributed by atoms with Crippen molar-refractivity contribution in [3.8, 4) is 0 Å². The summed E-state index contributed by atoms with van der Waals surface area (Å²) in [6.45, 7) is 7.35. The van der Waals surface area contributed by atoms with Crippen molar-refractivity contribution in [2.45, 2.75) is 64.2 Å². The lowest BCUT2D eigenvalue weighted by molar-refractivity contribution is -0.173. The summed E-state index contributed by atoms with van der Waals surface area (Å²) in [6, 6.07) is 16.3. The van der Waals surface area contributed by atoms with Crippen LogP contribution < -0.4 is 5.32 Å². The zero-order valence-electron chi connectivity index (χ0n) is 29.6. The van der Waals surface area contributed by atoms with E-state index in [1.54, 1.807) is 26.8 Å². The summed E-state index contributed by atoms with van der Waals surface area (Å²) < 4.78 is 90.7. The van der Waals surface area contributed by atoms with E-state index in [1.807, 2.05) is 0 Å². The normalized spacial score (nSPS) is 17.7. The largest absolute Gasteiger partial charge is 0.402 e. The molecule has 0 bridgehead atoms. The van der Waals surface area contributed by atoms with Crippen molar-refractivity contribution in [3.05, 3.63) is 128 Å². The van der Waals surface area contributed by atoms with Gasteiger partial charge in [-0.3, -0.25) is 24.5 Å². The standard InChI is InChI=1S/C40H36F6N4O2/c1-8-31-27-14-11-24(38(5,40(44,45)46)25-12-15-28-30(19-25)36(52)50(7)34(28)47-6)18-29(27)35(51)49-33-20-26(13-16-32(33)48-31)37(4,39(41,42)43)23-10-9-21(2)22(3)17-23/h9-20H,8H2,1-7H3,(H,49,51)/t37-,38+/m0/s1. The highest BCUT2D eigenvalue weighted by Crippen LogP contribution is 2.50. The van der Waals surface area contributed by atoms with E-state index in [0.29, 0.717) is 22.7 Å². The summed E-state index contributed by atoms with van der Waals surface area (Å²) in [5, 5.41) is 2.65. The summed E-state index contributed by atoms with van der Waals surface area (Å²) >= 11 is 0. The van der Waals surface area contributed by atoms with Crippen LogP contribution in [0.5, 0.6) is 0 Å². The minimum Gasteiger partial charge on any atom is -0.320 e. The first-order chi connectivity index (χ1) is 24.3. The van der Waals surface area contributed by atoms with Crippen molar-refractivity contribution in [2.24, 2.45) is 9.98 Å². The molecule has 52 heavy (non-hydrogen) atoms. The third kappa shape index (κ3) is 5.50. The molecule has 2 aliphatic rings. The van der Waals surface area contributed by atoms with Crippen molar-refractivity contribution in [1.29, 1.82) is 0 Å². The van der Waals surface area contributed by atoms with Crippen LogP contribution >= 0.6 is 0 Å². The number of carbonyl (C=O) groups is 2. The number of fused-ring (bicyclic) bond motifs is 3. The quantitative estimate of drug-likeness (QED) is 0.209. The number of hydrogen-bond donors (Lipinski definition) is 1. The van der Waals surface area contributed by atoms with Crippen molar-refractivity contribution in [1.82, 2.24) is 4.90 Å². The van der Waals surface area contributed by atoms with Gasteiger partial charge in [-0.2, -0.15) is 26.3 Å². The molecule has 2 aliphatic heterocycles. The Bertz CT molecular complexity index is 2220. The second-order valence-corrected chi connectivity index (χ2v) is 13.6. The lowest BCUT2D eigenvalue weighted by Crippen LogP contribution is -2.41. The van der Waals surface area contributed by atoms with Gasteiger partial charge >= 0.3 is 12.4 Å². The molecule has 0 aromatic heterocycles. The molecule has 2 amide bonds. The molecule has 0 fully saturated rings. The van der Waals surface area contributed by atoms with Gasteiger partial charge in [-0.25, -0.2) is 0 Å². The van der Waals surface area contributed by atoms with E-state index in [4.69, 9.17) is 4.99 Å². The van der Waals surface area contributed by atoms with Crippen LogP contribution in [0.25, 0.3) is 0 Å². The SMILES string of the molecule is CCC1=Nc2ccc([C@](C)(c3ccc(C)c(C)c3)C(F)(F)F)cc2NC(=O)c2cc([C@](C)(c3ccc4c(c3)C(=O)N(C)C4=NC)C(F)(F)F)ccc21. The van der Waals surface area contributed by atoms with Gasteiger partial charge in [0.2, 0.25) is 0 Å². The van der Waals surface area contributed by atoms with Gasteiger partial charge in [0, 0.05) is 36.5 Å². The fraction of sp³-hybridized carbons (Fsp3) is 0.300. The first kappa shape index (κ1) is 36.5. The third-order valence-corrected chi connectivity index (χ3v) is 10.7. The minimum atomic E-state index is -4.89. The molecule has 6 rings (SSSR count). The zero-order valence-corrected chi connectivity index (χ0v) is 29.6. The molecule has 270 valence electrons. The van der Waals surface area contributed by atoms with Crippen LogP contribution in [-0.2, 0) is 10.8 Å². The second kappa shape index (κ2) is 12.5. The number of amidine groups is 1. The molecular weight excluding hydrogens is 682 g/mol. The average molecular weight is 719 g/mol. The number of amides is 2. The van der Waals surface area contributed by atoms with Crippen molar-refractivity contribution < 1.29 is 35.9 Å². The molecule has 0 aliphatic carbocycles. The molecule has 2 heterocycles. The van der Waals surface area contributed by atoms with Gasteiger partial charge in [0.05, 0.1) is 16.9 Å². The van der Waals surface area contributed by atoms with Crippen LogP contribution in [0.15, 0.2) is 82.8 Å². The molecule has 1 N–H and O–H groups in total. The number of rotatable bonds is 5. The molecule has 0 saturated carbocycles. The van der Waals surface area contributed by atoms with E-state index in [9.17, 15) is 22.8 Å². The number of anilines is 1. The Morgan fingerprint density at radius 1 is 0.692 bits per heavy atom. The first-order valence-electron chi connectivity index (χ1n) is 16.6. The summed E-state index contributed by atoms with van der Waals surface area (Å²) in [7, 11) is 2.97. The molecule has 4 aromatic rings. The smallest absolute Gasteiger partial charge is 0.320 e. The predicted octanol–water partition coefficient (Wildman–Crippen LogP) is 9.60. The molecule has 6 nitrogen and oxygen atoms in total. The van der Waals surface area contributed by atoms with Gasteiger partial charge < -0.3 is 5.32 Å². The van der Waals surface area contributed by atoms with Gasteiger partial charge in [-0.05, 0) is 91.8 Å². The summed E-state index contributed by atoms with van der Waals surface area (Å²) in [5.41, 5.74) is -3.09. The molecule has 0 saturated heterocycles. The number of alkyl halides is 6. The third-order valence-electron chi connectivity index (χ3n) is 10.7.